The molecule has 1 aromatic rings. The highest BCUT2D eigenvalue weighted by atomic mass is 16.5. The molecule has 6 nitrogen and oxygen atoms in total. The van der Waals surface area contributed by atoms with Gasteiger partial charge in [-0.3, -0.25) is 0 Å². The van der Waals surface area contributed by atoms with Crippen molar-refractivity contribution in [1.29, 1.82) is 0 Å². The van der Waals surface area contributed by atoms with Crippen molar-refractivity contribution in [3.63, 3.8) is 0 Å². The zero-order chi connectivity index (χ0) is 19.6. The molecule has 0 aliphatic carbocycles. The van der Waals surface area contributed by atoms with Gasteiger partial charge in [0.2, 0.25) is 0 Å². The molecule has 0 bridgehead atoms. The predicted octanol–water partition coefficient (Wildman–Crippen LogP) is 2.89. The number of guanidine groups is 1. The van der Waals surface area contributed by atoms with E-state index in [0.29, 0.717) is 18.6 Å². The number of nitrogens with zero attached hydrogens (tertiary/aromatic N) is 2. The second-order valence-corrected chi connectivity index (χ2v) is 7.37. The highest BCUT2D eigenvalue weighted by Crippen LogP contribution is 2.18. The average molecular weight is 377 g/mol. The van der Waals surface area contributed by atoms with E-state index < -0.39 is 0 Å². The Bertz CT molecular complexity index is 566. The van der Waals surface area contributed by atoms with Crippen LogP contribution in [0.3, 0.4) is 0 Å². The zero-order valence-corrected chi connectivity index (χ0v) is 17.5. The predicted molar refractivity (Wildman–Crippen MR) is 112 cm³/mol. The van der Waals surface area contributed by atoms with Gasteiger partial charge in [0.15, 0.2) is 5.96 Å². The van der Waals surface area contributed by atoms with Crippen molar-refractivity contribution in [3.05, 3.63) is 24.3 Å². The maximum atomic E-state index is 5.95. The zero-order valence-electron chi connectivity index (χ0n) is 17.5. The number of likely N-dealkylation sites (tertiary alicyclic amines) is 1. The van der Waals surface area contributed by atoms with Crippen LogP contribution in [0.25, 0.3) is 0 Å². The van der Waals surface area contributed by atoms with Gasteiger partial charge >= 0.3 is 0 Å². The monoisotopic (exact) mass is 376 g/mol. The first-order valence-electron chi connectivity index (χ1n) is 10.1. The standard InChI is InChI=1S/C21H36N4O2/c1-6-22-21(24-18-11-13-25(14-12-18)16(2)3)23-15-17(4)27-20-9-7-19(26-5)8-10-20/h7-10,16-18H,6,11-15H2,1-5H3,(H2,22,23,24). The van der Waals surface area contributed by atoms with Crippen LogP contribution in [0, 0.1) is 0 Å². The van der Waals surface area contributed by atoms with Crippen LogP contribution in [0.15, 0.2) is 29.3 Å². The molecule has 6 heteroatoms. The highest BCUT2D eigenvalue weighted by Gasteiger charge is 2.21. The second kappa shape index (κ2) is 11.0. The van der Waals surface area contributed by atoms with Gasteiger partial charge in [-0.1, -0.05) is 0 Å². The Kier molecular flexibility index (Phi) is 8.72. The van der Waals surface area contributed by atoms with E-state index >= 15 is 0 Å². The molecular formula is C21H36N4O2. The van der Waals surface area contributed by atoms with Gasteiger partial charge in [0, 0.05) is 31.7 Å². The number of ether oxygens (including phenoxy) is 2. The molecule has 1 aromatic carbocycles. The molecule has 0 aromatic heterocycles. The van der Waals surface area contributed by atoms with Crippen LogP contribution in [-0.2, 0) is 0 Å². The van der Waals surface area contributed by atoms with Gasteiger partial charge in [0.05, 0.1) is 13.7 Å². The first kappa shape index (κ1) is 21.4. The quantitative estimate of drug-likeness (QED) is 0.540. The van der Waals surface area contributed by atoms with Gasteiger partial charge in [0.1, 0.15) is 17.6 Å². The molecule has 1 saturated heterocycles. The smallest absolute Gasteiger partial charge is 0.191 e. The maximum Gasteiger partial charge on any atom is 0.191 e. The molecule has 27 heavy (non-hydrogen) atoms. The Morgan fingerprint density at radius 2 is 1.78 bits per heavy atom. The molecule has 1 atom stereocenters. The molecule has 1 aliphatic heterocycles. The van der Waals surface area contributed by atoms with E-state index in [9.17, 15) is 0 Å². The van der Waals surface area contributed by atoms with E-state index in [4.69, 9.17) is 14.5 Å². The Hall–Kier alpha value is -1.95. The molecule has 0 saturated carbocycles. The number of rotatable bonds is 8. The molecule has 2 rings (SSSR count). The van der Waals surface area contributed by atoms with E-state index in [1.54, 1.807) is 7.11 Å². The van der Waals surface area contributed by atoms with Gasteiger partial charge in [-0.05, 0) is 64.8 Å². The summed E-state index contributed by atoms with van der Waals surface area (Å²) in [5.41, 5.74) is 0. The largest absolute Gasteiger partial charge is 0.497 e. The number of aliphatic imine (C=N–C) groups is 1. The first-order chi connectivity index (χ1) is 13.0. The summed E-state index contributed by atoms with van der Waals surface area (Å²) in [6.45, 7) is 12.4. The van der Waals surface area contributed by atoms with Crippen LogP contribution in [-0.4, -0.2) is 62.3 Å². The molecule has 152 valence electrons. The van der Waals surface area contributed by atoms with Crippen molar-refractivity contribution in [2.45, 2.75) is 58.7 Å². The van der Waals surface area contributed by atoms with Crippen molar-refractivity contribution in [2.75, 3.05) is 33.3 Å². The molecule has 1 unspecified atom stereocenters. The van der Waals surface area contributed by atoms with Gasteiger partial charge in [-0.15, -0.1) is 0 Å². The Morgan fingerprint density at radius 1 is 1.15 bits per heavy atom. The summed E-state index contributed by atoms with van der Waals surface area (Å²) in [5, 5.41) is 6.94. The van der Waals surface area contributed by atoms with Crippen molar-refractivity contribution in [3.8, 4) is 11.5 Å². The van der Waals surface area contributed by atoms with Crippen LogP contribution in [0.4, 0.5) is 0 Å². The number of methoxy groups -OCH3 is 1. The lowest BCUT2D eigenvalue weighted by Gasteiger charge is -2.35. The maximum absolute atomic E-state index is 5.95. The van der Waals surface area contributed by atoms with E-state index in [-0.39, 0.29) is 6.10 Å². The van der Waals surface area contributed by atoms with Gasteiger partial charge in [0.25, 0.3) is 0 Å². The SMILES string of the molecule is CCNC(=NCC(C)Oc1ccc(OC)cc1)NC1CCN(C(C)C)CC1. The molecule has 1 heterocycles. The topological polar surface area (TPSA) is 58.1 Å². The third kappa shape index (κ3) is 7.29. The number of hydrogen-bond donors (Lipinski definition) is 2. The Balaban J connectivity index is 1.83. The molecular weight excluding hydrogens is 340 g/mol. The van der Waals surface area contributed by atoms with E-state index in [0.717, 1.165) is 49.9 Å². The van der Waals surface area contributed by atoms with Gasteiger partial charge in [-0.25, -0.2) is 4.99 Å². The van der Waals surface area contributed by atoms with E-state index in [1.807, 2.05) is 31.2 Å². The lowest BCUT2D eigenvalue weighted by Crippen LogP contribution is -2.50. The van der Waals surface area contributed by atoms with Crippen molar-refractivity contribution < 1.29 is 9.47 Å². The van der Waals surface area contributed by atoms with Gasteiger partial charge < -0.3 is 25.0 Å². The van der Waals surface area contributed by atoms with Crippen LogP contribution in [0.5, 0.6) is 11.5 Å². The highest BCUT2D eigenvalue weighted by molar-refractivity contribution is 5.80. The summed E-state index contributed by atoms with van der Waals surface area (Å²) in [6, 6.07) is 8.76. The summed E-state index contributed by atoms with van der Waals surface area (Å²) in [7, 11) is 1.66. The number of hydrogen-bond acceptors (Lipinski definition) is 4. The summed E-state index contributed by atoms with van der Waals surface area (Å²) in [5.74, 6) is 2.54. The lowest BCUT2D eigenvalue weighted by molar-refractivity contribution is 0.167. The van der Waals surface area contributed by atoms with Crippen molar-refractivity contribution in [2.24, 2.45) is 4.99 Å². The summed E-state index contributed by atoms with van der Waals surface area (Å²) >= 11 is 0. The summed E-state index contributed by atoms with van der Waals surface area (Å²) < 4.78 is 11.1. The number of piperidine rings is 1. The van der Waals surface area contributed by atoms with Gasteiger partial charge in [-0.2, -0.15) is 0 Å². The first-order valence-corrected chi connectivity index (χ1v) is 10.1. The molecule has 0 spiro atoms. The number of benzene rings is 1. The van der Waals surface area contributed by atoms with E-state index in [2.05, 4.69) is 36.3 Å². The molecule has 0 radical (unpaired) electrons. The van der Waals surface area contributed by atoms with Crippen LogP contribution in [0.2, 0.25) is 0 Å². The fourth-order valence-corrected chi connectivity index (χ4v) is 3.22. The normalized spacial score (nSPS) is 17.6. The Labute approximate surface area is 164 Å². The minimum Gasteiger partial charge on any atom is -0.497 e. The fraction of sp³-hybridized carbons (Fsp3) is 0.667. The van der Waals surface area contributed by atoms with Crippen molar-refractivity contribution in [1.82, 2.24) is 15.5 Å². The van der Waals surface area contributed by atoms with Crippen LogP contribution < -0.4 is 20.1 Å². The minimum atomic E-state index is -0.00311. The number of nitrogens with one attached hydrogen (secondary N) is 2. The van der Waals surface area contributed by atoms with Crippen LogP contribution in [0.1, 0.15) is 40.5 Å². The minimum absolute atomic E-state index is 0.00311. The third-order valence-corrected chi connectivity index (χ3v) is 4.85. The Morgan fingerprint density at radius 3 is 2.33 bits per heavy atom. The lowest BCUT2D eigenvalue weighted by atomic mass is 10.0. The van der Waals surface area contributed by atoms with Crippen LogP contribution >= 0.6 is 0 Å². The fourth-order valence-electron chi connectivity index (χ4n) is 3.22. The molecule has 1 aliphatic rings. The second-order valence-electron chi connectivity index (χ2n) is 7.37. The average Bonchev–Trinajstić information content (AvgIpc) is 2.67. The van der Waals surface area contributed by atoms with E-state index in [1.165, 1.54) is 0 Å². The summed E-state index contributed by atoms with van der Waals surface area (Å²) in [4.78, 5) is 7.26. The molecule has 0 amide bonds. The summed E-state index contributed by atoms with van der Waals surface area (Å²) in [6.07, 6.45) is 2.30. The van der Waals surface area contributed by atoms with Crippen molar-refractivity contribution >= 4 is 5.96 Å². The third-order valence-electron chi connectivity index (χ3n) is 4.85. The molecule has 2 N–H and O–H groups in total. The molecule has 1 fully saturated rings.